The van der Waals surface area contributed by atoms with Crippen molar-refractivity contribution >= 4 is 11.6 Å². The van der Waals surface area contributed by atoms with Crippen molar-refractivity contribution in [2.75, 3.05) is 6.61 Å². The zero-order chi connectivity index (χ0) is 11.5. The van der Waals surface area contributed by atoms with Gasteiger partial charge in [-0.1, -0.05) is 11.6 Å². The number of aliphatic hydroxyl groups is 1. The standard InChI is InChI=1S/C11H15ClN2O2/c12-9-7-10(16)14(5-1-2-6-15)11(13-9)8-3-4-8/h7-8,15H,1-6H2. The highest BCUT2D eigenvalue weighted by Gasteiger charge is 2.28. The molecule has 0 atom stereocenters. The second kappa shape index (κ2) is 4.97. The van der Waals surface area contributed by atoms with E-state index in [1.54, 1.807) is 4.57 Å². The largest absolute Gasteiger partial charge is 0.396 e. The molecule has 1 aliphatic carbocycles. The molecule has 1 aliphatic rings. The SMILES string of the molecule is O=c1cc(Cl)nc(C2CC2)n1CCCCO. The summed E-state index contributed by atoms with van der Waals surface area (Å²) in [5.41, 5.74) is -0.0835. The first-order valence-corrected chi connectivity index (χ1v) is 5.98. The fraction of sp³-hybridized carbons (Fsp3) is 0.636. The van der Waals surface area contributed by atoms with E-state index >= 15 is 0 Å². The van der Waals surface area contributed by atoms with E-state index in [1.807, 2.05) is 0 Å². The quantitative estimate of drug-likeness (QED) is 0.630. The van der Waals surface area contributed by atoms with Gasteiger partial charge in [0.25, 0.3) is 5.56 Å². The van der Waals surface area contributed by atoms with Crippen molar-refractivity contribution in [3.05, 3.63) is 27.4 Å². The van der Waals surface area contributed by atoms with E-state index in [4.69, 9.17) is 16.7 Å². The summed E-state index contributed by atoms with van der Waals surface area (Å²) in [4.78, 5) is 16.0. The van der Waals surface area contributed by atoms with Crippen LogP contribution in [-0.4, -0.2) is 21.3 Å². The Morgan fingerprint density at radius 1 is 1.50 bits per heavy atom. The molecular weight excluding hydrogens is 228 g/mol. The van der Waals surface area contributed by atoms with Gasteiger partial charge >= 0.3 is 0 Å². The van der Waals surface area contributed by atoms with E-state index in [-0.39, 0.29) is 17.3 Å². The zero-order valence-electron chi connectivity index (χ0n) is 9.03. The molecular formula is C11H15ClN2O2. The molecule has 0 bridgehead atoms. The van der Waals surface area contributed by atoms with Crippen molar-refractivity contribution in [1.29, 1.82) is 0 Å². The molecule has 0 saturated heterocycles. The highest BCUT2D eigenvalue weighted by atomic mass is 35.5. The molecule has 1 heterocycles. The third kappa shape index (κ3) is 2.62. The number of rotatable bonds is 5. The van der Waals surface area contributed by atoms with Crippen molar-refractivity contribution in [3.8, 4) is 0 Å². The molecule has 0 radical (unpaired) electrons. The van der Waals surface area contributed by atoms with Gasteiger partial charge in [0.2, 0.25) is 0 Å². The van der Waals surface area contributed by atoms with Gasteiger partial charge in [-0.25, -0.2) is 4.98 Å². The first-order chi connectivity index (χ1) is 7.72. The maximum Gasteiger partial charge on any atom is 0.254 e. The van der Waals surface area contributed by atoms with Crippen LogP contribution < -0.4 is 5.56 Å². The number of halogens is 1. The average molecular weight is 243 g/mol. The first-order valence-electron chi connectivity index (χ1n) is 5.60. The lowest BCUT2D eigenvalue weighted by Crippen LogP contribution is -2.24. The van der Waals surface area contributed by atoms with Crippen LogP contribution in [0.3, 0.4) is 0 Å². The summed E-state index contributed by atoms with van der Waals surface area (Å²) in [6.07, 6.45) is 3.68. The average Bonchev–Trinajstić information content (AvgIpc) is 3.04. The molecule has 2 rings (SSSR count). The summed E-state index contributed by atoms with van der Waals surface area (Å²) in [5.74, 6) is 1.22. The Hall–Kier alpha value is -0.870. The van der Waals surface area contributed by atoms with Gasteiger partial charge in [-0.3, -0.25) is 9.36 Å². The molecule has 4 nitrogen and oxygen atoms in total. The van der Waals surface area contributed by atoms with Crippen molar-refractivity contribution in [2.45, 2.75) is 38.1 Å². The third-order valence-electron chi connectivity index (χ3n) is 2.74. The number of aliphatic hydroxyl groups excluding tert-OH is 1. The Bertz CT molecular complexity index is 426. The van der Waals surface area contributed by atoms with Crippen LogP contribution in [0.2, 0.25) is 5.15 Å². The fourth-order valence-corrected chi connectivity index (χ4v) is 1.93. The van der Waals surface area contributed by atoms with Gasteiger partial charge in [-0.15, -0.1) is 0 Å². The topological polar surface area (TPSA) is 55.1 Å². The normalized spacial score (nSPS) is 15.4. The van der Waals surface area contributed by atoms with E-state index in [0.717, 1.165) is 25.1 Å². The van der Waals surface area contributed by atoms with Crippen LogP contribution in [0.15, 0.2) is 10.9 Å². The Morgan fingerprint density at radius 2 is 2.25 bits per heavy atom. The van der Waals surface area contributed by atoms with Crippen LogP contribution in [0.5, 0.6) is 0 Å². The second-order valence-corrected chi connectivity index (χ2v) is 4.52. The smallest absolute Gasteiger partial charge is 0.254 e. The minimum absolute atomic E-state index is 0.0835. The summed E-state index contributed by atoms with van der Waals surface area (Å²) in [6.45, 7) is 0.782. The van der Waals surface area contributed by atoms with Gasteiger partial charge in [0, 0.05) is 25.1 Å². The van der Waals surface area contributed by atoms with Gasteiger partial charge < -0.3 is 5.11 Å². The van der Waals surface area contributed by atoms with E-state index in [1.165, 1.54) is 6.07 Å². The summed E-state index contributed by atoms with van der Waals surface area (Å²) < 4.78 is 1.69. The molecule has 1 aromatic rings. The summed E-state index contributed by atoms with van der Waals surface area (Å²) in [7, 11) is 0. The minimum Gasteiger partial charge on any atom is -0.396 e. The Labute approximate surface area is 98.9 Å². The van der Waals surface area contributed by atoms with E-state index < -0.39 is 0 Å². The maximum atomic E-state index is 11.8. The molecule has 0 unspecified atom stereocenters. The monoisotopic (exact) mass is 242 g/mol. The highest BCUT2D eigenvalue weighted by Crippen LogP contribution is 2.38. The lowest BCUT2D eigenvalue weighted by molar-refractivity contribution is 0.280. The van der Waals surface area contributed by atoms with Crippen molar-refractivity contribution in [3.63, 3.8) is 0 Å². The van der Waals surface area contributed by atoms with Crippen molar-refractivity contribution < 1.29 is 5.11 Å². The minimum atomic E-state index is -0.0835. The number of hydrogen-bond donors (Lipinski definition) is 1. The maximum absolute atomic E-state index is 11.8. The summed E-state index contributed by atoms with van der Waals surface area (Å²) in [6, 6.07) is 1.35. The van der Waals surface area contributed by atoms with E-state index in [2.05, 4.69) is 4.98 Å². The van der Waals surface area contributed by atoms with Crippen molar-refractivity contribution in [2.24, 2.45) is 0 Å². The Kier molecular flexibility index (Phi) is 3.61. The molecule has 1 saturated carbocycles. The number of nitrogens with zero attached hydrogens (tertiary/aromatic N) is 2. The highest BCUT2D eigenvalue weighted by molar-refractivity contribution is 6.29. The third-order valence-corrected chi connectivity index (χ3v) is 2.93. The van der Waals surface area contributed by atoms with Crippen LogP contribution in [0.25, 0.3) is 0 Å². The number of hydrogen-bond acceptors (Lipinski definition) is 3. The van der Waals surface area contributed by atoms with Gasteiger partial charge in [0.15, 0.2) is 0 Å². The molecule has 0 aromatic carbocycles. The molecule has 1 fully saturated rings. The van der Waals surface area contributed by atoms with Gasteiger partial charge in [0.05, 0.1) is 0 Å². The molecule has 0 spiro atoms. The summed E-state index contributed by atoms with van der Waals surface area (Å²) in [5, 5.41) is 9.01. The Morgan fingerprint density at radius 3 is 2.88 bits per heavy atom. The van der Waals surface area contributed by atoms with Crippen LogP contribution in [0.1, 0.15) is 37.4 Å². The molecule has 88 valence electrons. The van der Waals surface area contributed by atoms with Crippen LogP contribution >= 0.6 is 11.6 Å². The molecule has 0 aliphatic heterocycles. The predicted molar refractivity (Wildman–Crippen MR) is 61.8 cm³/mol. The fourth-order valence-electron chi connectivity index (χ4n) is 1.75. The van der Waals surface area contributed by atoms with Gasteiger partial charge in [-0.05, 0) is 25.7 Å². The molecule has 5 heteroatoms. The van der Waals surface area contributed by atoms with Gasteiger partial charge in [-0.2, -0.15) is 0 Å². The van der Waals surface area contributed by atoms with E-state index in [9.17, 15) is 4.79 Å². The number of unbranched alkanes of at least 4 members (excludes halogenated alkanes) is 1. The van der Waals surface area contributed by atoms with Gasteiger partial charge in [0.1, 0.15) is 11.0 Å². The van der Waals surface area contributed by atoms with Crippen LogP contribution in [0, 0.1) is 0 Å². The molecule has 16 heavy (non-hydrogen) atoms. The first kappa shape index (κ1) is 11.6. The predicted octanol–water partition coefficient (Wildman–Crippen LogP) is 1.55. The van der Waals surface area contributed by atoms with Crippen LogP contribution in [0.4, 0.5) is 0 Å². The van der Waals surface area contributed by atoms with Crippen LogP contribution in [-0.2, 0) is 6.54 Å². The molecule has 1 N–H and O–H groups in total. The second-order valence-electron chi connectivity index (χ2n) is 4.13. The lowest BCUT2D eigenvalue weighted by Gasteiger charge is -2.10. The van der Waals surface area contributed by atoms with Crippen molar-refractivity contribution in [1.82, 2.24) is 9.55 Å². The van der Waals surface area contributed by atoms with E-state index in [0.29, 0.717) is 18.9 Å². The zero-order valence-corrected chi connectivity index (χ0v) is 9.78. The molecule has 1 aromatic heterocycles. The Balaban J connectivity index is 2.23. The lowest BCUT2D eigenvalue weighted by atomic mass is 10.3. The number of aromatic nitrogens is 2. The summed E-state index contributed by atoms with van der Waals surface area (Å²) >= 11 is 5.79. The molecule has 0 amide bonds.